The van der Waals surface area contributed by atoms with Gasteiger partial charge in [0.15, 0.2) is 17.3 Å². The zero-order valence-electron chi connectivity index (χ0n) is 14.2. The standard InChI is InChI=1S/C20H12N2O6/c23-17-11-7-4-8-14(22(27)28)15(11)18(24)12-9-13(19(25)20(26)16(12)17)21-10-5-2-1-3-6-10/h1-9,21,25-26H. The lowest BCUT2D eigenvalue weighted by atomic mass is 9.82. The number of nitrogens with zero attached hydrogens (tertiary/aromatic N) is 1. The van der Waals surface area contributed by atoms with E-state index in [0.29, 0.717) is 5.69 Å². The van der Waals surface area contributed by atoms with Crippen LogP contribution in [0.4, 0.5) is 17.1 Å². The Morgan fingerprint density at radius 3 is 2.18 bits per heavy atom. The van der Waals surface area contributed by atoms with Crippen molar-refractivity contribution in [3.05, 3.63) is 87.0 Å². The van der Waals surface area contributed by atoms with E-state index in [4.69, 9.17) is 0 Å². The molecule has 8 heteroatoms. The quantitative estimate of drug-likeness (QED) is 0.283. The van der Waals surface area contributed by atoms with Crippen LogP contribution in [0.1, 0.15) is 31.8 Å². The van der Waals surface area contributed by atoms with Gasteiger partial charge in [-0.1, -0.05) is 24.3 Å². The second-order valence-electron chi connectivity index (χ2n) is 6.15. The van der Waals surface area contributed by atoms with Crippen molar-refractivity contribution in [3.8, 4) is 11.5 Å². The lowest BCUT2D eigenvalue weighted by molar-refractivity contribution is -0.385. The average molecular weight is 376 g/mol. The first kappa shape index (κ1) is 17.2. The van der Waals surface area contributed by atoms with E-state index in [1.165, 1.54) is 18.2 Å². The number of fused-ring (bicyclic) bond motifs is 2. The number of phenolic OH excluding ortho intramolecular Hbond substituents is 2. The number of benzene rings is 3. The minimum atomic E-state index is -0.775. The molecule has 0 atom stereocenters. The Labute approximate surface area is 157 Å². The van der Waals surface area contributed by atoms with Crippen molar-refractivity contribution in [2.24, 2.45) is 0 Å². The summed E-state index contributed by atoms with van der Waals surface area (Å²) in [7, 11) is 0. The maximum absolute atomic E-state index is 13.0. The molecule has 1 aliphatic carbocycles. The van der Waals surface area contributed by atoms with Gasteiger partial charge in [-0.3, -0.25) is 19.7 Å². The van der Waals surface area contributed by atoms with E-state index in [2.05, 4.69) is 5.32 Å². The van der Waals surface area contributed by atoms with Gasteiger partial charge < -0.3 is 15.5 Å². The van der Waals surface area contributed by atoms with Gasteiger partial charge in [0.25, 0.3) is 5.69 Å². The molecule has 0 spiro atoms. The first-order chi connectivity index (χ1) is 13.4. The summed E-state index contributed by atoms with van der Waals surface area (Å²) >= 11 is 0. The number of ketones is 2. The summed E-state index contributed by atoms with van der Waals surface area (Å²) in [5.74, 6) is -2.90. The van der Waals surface area contributed by atoms with Crippen molar-refractivity contribution >= 4 is 28.6 Å². The maximum atomic E-state index is 13.0. The lowest BCUT2D eigenvalue weighted by Crippen LogP contribution is -2.22. The molecule has 138 valence electrons. The van der Waals surface area contributed by atoms with Crippen LogP contribution in [0.15, 0.2) is 54.6 Å². The van der Waals surface area contributed by atoms with Gasteiger partial charge in [-0.2, -0.15) is 0 Å². The Kier molecular flexibility index (Phi) is 3.82. The minimum absolute atomic E-state index is 0.00867. The van der Waals surface area contributed by atoms with E-state index < -0.39 is 33.7 Å². The Morgan fingerprint density at radius 1 is 0.821 bits per heavy atom. The third-order valence-electron chi connectivity index (χ3n) is 4.51. The molecular formula is C20H12N2O6. The Balaban J connectivity index is 1.92. The van der Waals surface area contributed by atoms with Gasteiger partial charge in [0, 0.05) is 22.9 Å². The van der Waals surface area contributed by atoms with E-state index in [1.54, 1.807) is 30.3 Å². The van der Waals surface area contributed by atoms with Crippen LogP contribution in [0, 0.1) is 10.1 Å². The minimum Gasteiger partial charge on any atom is -0.504 e. The van der Waals surface area contributed by atoms with Crippen LogP contribution in [0.5, 0.6) is 11.5 Å². The molecule has 0 unspecified atom stereocenters. The van der Waals surface area contributed by atoms with Crippen LogP contribution in [0.25, 0.3) is 0 Å². The number of nitro benzene ring substituents is 1. The van der Waals surface area contributed by atoms with Gasteiger partial charge in [-0.05, 0) is 24.3 Å². The Bertz CT molecular complexity index is 1170. The fourth-order valence-electron chi connectivity index (χ4n) is 3.23. The topological polar surface area (TPSA) is 130 Å². The van der Waals surface area contributed by atoms with Crippen LogP contribution in [-0.4, -0.2) is 26.7 Å². The van der Waals surface area contributed by atoms with E-state index in [1.807, 2.05) is 0 Å². The predicted molar refractivity (Wildman–Crippen MR) is 99.5 cm³/mol. The number of aromatic hydroxyl groups is 2. The summed E-state index contributed by atoms with van der Waals surface area (Å²) < 4.78 is 0. The number of rotatable bonds is 3. The number of hydrogen-bond donors (Lipinski definition) is 3. The summed E-state index contributed by atoms with van der Waals surface area (Å²) in [5, 5.41) is 34.9. The molecule has 0 aromatic heterocycles. The number of anilines is 2. The zero-order valence-corrected chi connectivity index (χ0v) is 14.2. The van der Waals surface area contributed by atoms with E-state index in [0.717, 1.165) is 6.07 Å². The Hall–Kier alpha value is -4.20. The zero-order chi connectivity index (χ0) is 20.0. The molecule has 3 aromatic rings. The SMILES string of the molecule is O=C1c2cc(Nc3ccccc3)c(O)c(O)c2C(=O)c2cccc([N+](=O)[O-])c21. The molecule has 0 fully saturated rings. The van der Waals surface area contributed by atoms with Crippen molar-refractivity contribution < 1.29 is 24.7 Å². The summed E-state index contributed by atoms with van der Waals surface area (Å²) in [6.07, 6.45) is 0. The molecule has 0 heterocycles. The molecule has 28 heavy (non-hydrogen) atoms. The summed E-state index contributed by atoms with van der Waals surface area (Å²) in [5.41, 5.74) is -1.06. The predicted octanol–water partition coefficient (Wildman–Crippen LogP) is 3.53. The van der Waals surface area contributed by atoms with E-state index in [-0.39, 0.29) is 27.9 Å². The molecule has 0 saturated carbocycles. The van der Waals surface area contributed by atoms with Gasteiger partial charge >= 0.3 is 0 Å². The second-order valence-corrected chi connectivity index (χ2v) is 6.15. The fourth-order valence-corrected chi connectivity index (χ4v) is 3.23. The summed E-state index contributed by atoms with van der Waals surface area (Å²) in [6, 6.07) is 13.6. The van der Waals surface area contributed by atoms with Crippen LogP contribution >= 0.6 is 0 Å². The van der Waals surface area contributed by atoms with E-state index >= 15 is 0 Å². The lowest BCUT2D eigenvalue weighted by Gasteiger charge is -2.20. The molecule has 0 saturated heterocycles. The van der Waals surface area contributed by atoms with Crippen molar-refractivity contribution in [1.29, 1.82) is 0 Å². The van der Waals surface area contributed by atoms with Crippen molar-refractivity contribution in [2.45, 2.75) is 0 Å². The normalized spacial score (nSPS) is 12.3. The molecule has 0 radical (unpaired) electrons. The number of hydrogen-bond acceptors (Lipinski definition) is 7. The number of nitro groups is 1. The molecule has 0 aliphatic heterocycles. The number of carbonyl (C=O) groups is 2. The van der Waals surface area contributed by atoms with Crippen molar-refractivity contribution in [2.75, 3.05) is 5.32 Å². The first-order valence-corrected chi connectivity index (χ1v) is 8.18. The molecule has 8 nitrogen and oxygen atoms in total. The molecule has 0 bridgehead atoms. The summed E-state index contributed by atoms with van der Waals surface area (Å²) in [4.78, 5) is 36.3. The maximum Gasteiger partial charge on any atom is 0.281 e. The van der Waals surface area contributed by atoms with Crippen molar-refractivity contribution in [1.82, 2.24) is 0 Å². The highest BCUT2D eigenvalue weighted by molar-refractivity contribution is 6.31. The van der Waals surface area contributed by atoms with Gasteiger partial charge in [0.05, 0.1) is 16.2 Å². The van der Waals surface area contributed by atoms with Crippen LogP contribution in [0.3, 0.4) is 0 Å². The van der Waals surface area contributed by atoms with Crippen LogP contribution in [-0.2, 0) is 0 Å². The third kappa shape index (κ3) is 2.47. The van der Waals surface area contributed by atoms with E-state index in [9.17, 15) is 29.9 Å². The highest BCUT2D eigenvalue weighted by Gasteiger charge is 2.38. The molecule has 0 amide bonds. The highest BCUT2D eigenvalue weighted by Crippen LogP contribution is 2.45. The number of para-hydroxylation sites is 1. The molecule has 1 aliphatic rings. The summed E-state index contributed by atoms with van der Waals surface area (Å²) in [6.45, 7) is 0. The second kappa shape index (κ2) is 6.20. The third-order valence-corrected chi connectivity index (χ3v) is 4.51. The Morgan fingerprint density at radius 2 is 1.50 bits per heavy atom. The van der Waals surface area contributed by atoms with Gasteiger partial charge in [0.2, 0.25) is 5.78 Å². The van der Waals surface area contributed by atoms with Gasteiger partial charge in [0.1, 0.15) is 5.56 Å². The smallest absolute Gasteiger partial charge is 0.281 e. The largest absolute Gasteiger partial charge is 0.504 e. The van der Waals surface area contributed by atoms with Gasteiger partial charge in [-0.15, -0.1) is 0 Å². The first-order valence-electron chi connectivity index (χ1n) is 8.18. The highest BCUT2D eigenvalue weighted by atomic mass is 16.6. The van der Waals surface area contributed by atoms with Crippen LogP contribution < -0.4 is 5.32 Å². The molecule has 3 N–H and O–H groups in total. The molecule has 4 rings (SSSR count). The molecular weight excluding hydrogens is 364 g/mol. The van der Waals surface area contributed by atoms with Crippen LogP contribution in [0.2, 0.25) is 0 Å². The molecule has 3 aromatic carbocycles. The van der Waals surface area contributed by atoms with Crippen molar-refractivity contribution in [3.63, 3.8) is 0 Å². The average Bonchev–Trinajstić information content (AvgIpc) is 2.69. The fraction of sp³-hybridized carbons (Fsp3) is 0. The van der Waals surface area contributed by atoms with Gasteiger partial charge in [-0.25, -0.2) is 0 Å². The number of carbonyl (C=O) groups excluding carboxylic acids is 2. The monoisotopic (exact) mass is 376 g/mol. The number of nitrogens with one attached hydrogen (secondary N) is 1. The number of phenols is 2.